The van der Waals surface area contributed by atoms with E-state index in [9.17, 15) is 0 Å². The van der Waals surface area contributed by atoms with Crippen LogP contribution in [0.5, 0.6) is 0 Å². The van der Waals surface area contributed by atoms with Gasteiger partial charge in [-0.1, -0.05) is 27.7 Å². The van der Waals surface area contributed by atoms with Crippen LogP contribution in [0.1, 0.15) is 27.7 Å². The lowest BCUT2D eigenvalue weighted by atomic mass is 9.58. The molecule has 5 fully saturated rings. The van der Waals surface area contributed by atoms with E-state index in [1.165, 1.54) is 13.1 Å². The SMILES string of the molecule is CC1C(C)C(C)C(CN(CC2CO2)CC2CO2)C(CN(CC2CO2)CC2CO2)C1C. The maximum absolute atomic E-state index is 5.59. The standard InChI is InChI=1S/C24H42N2O4/c1-15-16(2)18(4)24(10-26(7-21-13-29-21)8-22-14-30-22)23(17(15)3)9-25(5-19-11-27-19)6-20-12-28-20/h15-24H,5-14H2,1-4H3. The highest BCUT2D eigenvalue weighted by Crippen LogP contribution is 2.46. The second-order valence-electron chi connectivity index (χ2n) is 11.0. The fourth-order valence-electron chi connectivity index (χ4n) is 6.01. The molecule has 30 heavy (non-hydrogen) atoms. The molecule has 0 amide bonds. The van der Waals surface area contributed by atoms with Crippen molar-refractivity contribution in [2.75, 3.05) is 65.7 Å². The third kappa shape index (κ3) is 5.57. The molecule has 6 nitrogen and oxygen atoms in total. The van der Waals surface area contributed by atoms with Crippen molar-refractivity contribution >= 4 is 0 Å². The van der Waals surface area contributed by atoms with Crippen molar-refractivity contribution in [1.29, 1.82) is 0 Å². The summed E-state index contributed by atoms with van der Waals surface area (Å²) in [6.07, 6.45) is 1.80. The van der Waals surface area contributed by atoms with Crippen molar-refractivity contribution in [1.82, 2.24) is 9.80 Å². The monoisotopic (exact) mass is 422 g/mol. The molecule has 4 aliphatic heterocycles. The van der Waals surface area contributed by atoms with Gasteiger partial charge in [-0.2, -0.15) is 0 Å². The molecule has 0 bridgehead atoms. The highest BCUT2D eigenvalue weighted by atomic mass is 16.6. The molecule has 0 radical (unpaired) electrons. The van der Waals surface area contributed by atoms with Gasteiger partial charge in [0.1, 0.15) is 0 Å². The van der Waals surface area contributed by atoms with Crippen molar-refractivity contribution in [2.24, 2.45) is 35.5 Å². The summed E-state index contributed by atoms with van der Waals surface area (Å²) in [5.74, 6) is 4.44. The molecule has 1 saturated carbocycles. The van der Waals surface area contributed by atoms with E-state index in [-0.39, 0.29) is 0 Å². The summed E-state index contributed by atoms with van der Waals surface area (Å²) in [5, 5.41) is 0. The molecule has 0 aromatic rings. The van der Waals surface area contributed by atoms with Crippen LogP contribution in [0.2, 0.25) is 0 Å². The zero-order chi connectivity index (χ0) is 20.8. The Kier molecular flexibility index (Phi) is 6.44. The van der Waals surface area contributed by atoms with Gasteiger partial charge in [-0.25, -0.2) is 0 Å². The Bertz CT molecular complexity index is 498. The lowest BCUT2D eigenvalue weighted by Crippen LogP contribution is -2.52. The van der Waals surface area contributed by atoms with Crippen LogP contribution in [-0.4, -0.2) is 99.9 Å². The smallest absolute Gasteiger partial charge is 0.0936 e. The van der Waals surface area contributed by atoms with Crippen molar-refractivity contribution in [3.05, 3.63) is 0 Å². The minimum Gasteiger partial charge on any atom is -0.372 e. The zero-order valence-electron chi connectivity index (χ0n) is 19.4. The predicted octanol–water partition coefficient (Wildman–Crippen LogP) is 1.98. The minimum absolute atomic E-state index is 0.449. The van der Waals surface area contributed by atoms with Crippen LogP contribution < -0.4 is 0 Å². The Balaban J connectivity index is 1.30. The number of ether oxygens (including phenoxy) is 4. The molecule has 0 N–H and O–H groups in total. The fraction of sp³-hybridized carbons (Fsp3) is 1.00. The second kappa shape index (κ2) is 8.95. The summed E-state index contributed by atoms with van der Waals surface area (Å²) >= 11 is 0. The molecule has 5 rings (SSSR count). The first kappa shape index (κ1) is 21.6. The third-order valence-corrected chi connectivity index (χ3v) is 8.78. The van der Waals surface area contributed by atoms with Crippen LogP contribution in [-0.2, 0) is 18.9 Å². The molecule has 4 saturated heterocycles. The molecule has 0 aromatic carbocycles. The first-order chi connectivity index (χ1) is 14.5. The number of epoxide rings is 4. The number of hydrogen-bond acceptors (Lipinski definition) is 6. The maximum atomic E-state index is 5.59. The van der Waals surface area contributed by atoms with E-state index in [1.807, 2.05) is 0 Å². The molecular formula is C24H42N2O4. The molecule has 5 aliphatic rings. The van der Waals surface area contributed by atoms with E-state index >= 15 is 0 Å². The van der Waals surface area contributed by atoms with Crippen molar-refractivity contribution < 1.29 is 18.9 Å². The minimum atomic E-state index is 0.449. The van der Waals surface area contributed by atoms with Crippen molar-refractivity contribution in [3.8, 4) is 0 Å². The molecule has 0 aromatic heterocycles. The molecule has 172 valence electrons. The molecule has 1 aliphatic carbocycles. The Morgan fingerprint density at radius 3 is 0.967 bits per heavy atom. The summed E-state index contributed by atoms with van der Waals surface area (Å²) in [6.45, 7) is 20.4. The highest BCUT2D eigenvalue weighted by Gasteiger charge is 2.46. The van der Waals surface area contributed by atoms with Crippen LogP contribution in [0.3, 0.4) is 0 Å². The van der Waals surface area contributed by atoms with Crippen LogP contribution in [0.15, 0.2) is 0 Å². The van der Waals surface area contributed by atoms with E-state index < -0.39 is 0 Å². The normalized spacial score (nSPS) is 47.0. The highest BCUT2D eigenvalue weighted by molar-refractivity contribution is 4.95. The number of hydrogen-bond donors (Lipinski definition) is 0. The molecule has 10 unspecified atom stereocenters. The lowest BCUT2D eigenvalue weighted by Gasteiger charge is -2.51. The molecular weight excluding hydrogens is 380 g/mol. The zero-order valence-corrected chi connectivity index (χ0v) is 19.4. The summed E-state index contributed by atoms with van der Waals surface area (Å²) in [6, 6.07) is 0. The Hall–Kier alpha value is -0.240. The van der Waals surface area contributed by atoms with E-state index in [4.69, 9.17) is 18.9 Å². The van der Waals surface area contributed by atoms with Gasteiger partial charge in [0.05, 0.1) is 50.8 Å². The summed E-state index contributed by atoms with van der Waals surface area (Å²) < 4.78 is 22.4. The molecule has 4 heterocycles. The Morgan fingerprint density at radius 2 is 0.733 bits per heavy atom. The average Bonchev–Trinajstić information content (AvgIpc) is 3.54. The van der Waals surface area contributed by atoms with Crippen LogP contribution in [0.25, 0.3) is 0 Å². The van der Waals surface area contributed by atoms with Gasteiger partial charge in [0.2, 0.25) is 0 Å². The summed E-state index contributed by atoms with van der Waals surface area (Å²) in [4.78, 5) is 5.33. The predicted molar refractivity (Wildman–Crippen MR) is 115 cm³/mol. The lowest BCUT2D eigenvalue weighted by molar-refractivity contribution is -0.0253. The molecule has 6 heteroatoms. The Labute approximate surface area is 182 Å². The topological polar surface area (TPSA) is 56.6 Å². The third-order valence-electron chi connectivity index (χ3n) is 8.78. The molecule has 10 atom stereocenters. The largest absolute Gasteiger partial charge is 0.372 e. The van der Waals surface area contributed by atoms with Gasteiger partial charge in [-0.05, 0) is 35.5 Å². The van der Waals surface area contributed by atoms with E-state index in [1.54, 1.807) is 0 Å². The van der Waals surface area contributed by atoms with Gasteiger partial charge in [0.15, 0.2) is 0 Å². The molecule has 0 spiro atoms. The first-order valence-electron chi connectivity index (χ1n) is 12.4. The average molecular weight is 423 g/mol. The van der Waals surface area contributed by atoms with Crippen molar-refractivity contribution in [2.45, 2.75) is 52.1 Å². The van der Waals surface area contributed by atoms with Gasteiger partial charge in [0.25, 0.3) is 0 Å². The summed E-state index contributed by atoms with van der Waals surface area (Å²) in [7, 11) is 0. The first-order valence-corrected chi connectivity index (χ1v) is 12.4. The fourth-order valence-corrected chi connectivity index (χ4v) is 6.01. The maximum Gasteiger partial charge on any atom is 0.0936 e. The van der Waals surface area contributed by atoms with Crippen LogP contribution in [0.4, 0.5) is 0 Å². The Morgan fingerprint density at radius 1 is 0.467 bits per heavy atom. The quantitative estimate of drug-likeness (QED) is 0.448. The van der Waals surface area contributed by atoms with E-state index in [0.29, 0.717) is 36.3 Å². The van der Waals surface area contributed by atoms with Crippen LogP contribution in [0, 0.1) is 35.5 Å². The van der Waals surface area contributed by atoms with Gasteiger partial charge in [-0.15, -0.1) is 0 Å². The van der Waals surface area contributed by atoms with Crippen LogP contribution >= 0.6 is 0 Å². The number of nitrogens with zero attached hydrogens (tertiary/aromatic N) is 2. The van der Waals surface area contributed by atoms with E-state index in [2.05, 4.69) is 37.5 Å². The van der Waals surface area contributed by atoms with Gasteiger partial charge >= 0.3 is 0 Å². The van der Waals surface area contributed by atoms with Gasteiger partial charge in [-0.3, -0.25) is 9.80 Å². The van der Waals surface area contributed by atoms with E-state index in [0.717, 1.165) is 76.3 Å². The van der Waals surface area contributed by atoms with Gasteiger partial charge < -0.3 is 18.9 Å². The van der Waals surface area contributed by atoms with Crippen molar-refractivity contribution in [3.63, 3.8) is 0 Å². The van der Waals surface area contributed by atoms with Gasteiger partial charge in [0, 0.05) is 39.3 Å². The summed E-state index contributed by atoms with van der Waals surface area (Å²) in [5.41, 5.74) is 0. The second-order valence-corrected chi connectivity index (χ2v) is 11.0. The number of rotatable bonds is 12.